The fourth-order valence-electron chi connectivity index (χ4n) is 1.17. The maximum atomic E-state index is 12.6. The Morgan fingerprint density at radius 3 is 2.67 bits per heavy atom. The van der Waals surface area contributed by atoms with Gasteiger partial charge in [0.25, 0.3) is 0 Å². The van der Waals surface area contributed by atoms with Gasteiger partial charge < -0.3 is 20.5 Å². The molecule has 0 radical (unpaired) electrons. The summed E-state index contributed by atoms with van der Waals surface area (Å²) >= 11 is 0. The first-order valence-corrected chi connectivity index (χ1v) is 3.93. The van der Waals surface area contributed by atoms with Crippen molar-refractivity contribution < 1.29 is 23.0 Å². The summed E-state index contributed by atoms with van der Waals surface area (Å²) in [6.45, 7) is 0. The maximum Gasteiger partial charge on any atom is 0.586 e. The Bertz CT molecular complexity index is 422. The third-order valence-electron chi connectivity index (χ3n) is 1.67. The van der Waals surface area contributed by atoms with E-state index in [9.17, 15) is 13.6 Å². The van der Waals surface area contributed by atoms with Gasteiger partial charge in [-0.2, -0.15) is 0 Å². The van der Waals surface area contributed by atoms with Crippen molar-refractivity contribution >= 4 is 11.7 Å². The van der Waals surface area contributed by atoms with Crippen LogP contribution in [0.4, 0.5) is 19.3 Å². The first-order chi connectivity index (χ1) is 6.96. The van der Waals surface area contributed by atoms with E-state index in [0.717, 1.165) is 0 Å². The van der Waals surface area contributed by atoms with Crippen LogP contribution in [0.1, 0.15) is 0 Å². The Kier molecular flexibility index (Phi) is 1.88. The third-order valence-corrected chi connectivity index (χ3v) is 1.67. The van der Waals surface area contributed by atoms with E-state index in [0.29, 0.717) is 0 Å². The van der Waals surface area contributed by atoms with Gasteiger partial charge in [0.2, 0.25) is 0 Å². The van der Waals surface area contributed by atoms with Gasteiger partial charge in [-0.1, -0.05) is 0 Å². The monoisotopic (exact) mass is 216 g/mol. The lowest BCUT2D eigenvalue weighted by Gasteiger charge is -2.04. The minimum atomic E-state index is -3.66. The van der Waals surface area contributed by atoms with E-state index in [4.69, 9.17) is 5.73 Å². The van der Waals surface area contributed by atoms with Gasteiger partial charge in [-0.05, 0) is 12.1 Å². The number of carbonyl (C=O) groups excluding carboxylic acids is 1. The molecule has 3 N–H and O–H groups in total. The average Bonchev–Trinajstić information content (AvgIpc) is 2.36. The molecule has 0 spiro atoms. The van der Waals surface area contributed by atoms with Crippen LogP contribution in [-0.4, -0.2) is 12.3 Å². The lowest BCUT2D eigenvalue weighted by molar-refractivity contribution is -0.286. The molecule has 0 saturated heterocycles. The van der Waals surface area contributed by atoms with E-state index in [1.807, 2.05) is 0 Å². The van der Waals surface area contributed by atoms with Crippen LogP contribution in [0.15, 0.2) is 18.2 Å². The van der Waals surface area contributed by atoms with Crippen LogP contribution in [-0.2, 0) is 0 Å². The topological polar surface area (TPSA) is 73.6 Å². The number of hydrogen-bond acceptors (Lipinski definition) is 3. The van der Waals surface area contributed by atoms with Crippen LogP contribution in [0.3, 0.4) is 0 Å². The molecule has 1 aliphatic rings. The van der Waals surface area contributed by atoms with Crippen LogP contribution in [0.25, 0.3) is 0 Å². The molecule has 2 rings (SSSR count). The smallest absolute Gasteiger partial charge is 0.395 e. The number of fused-ring (bicyclic) bond motifs is 1. The molecule has 1 aromatic carbocycles. The second kappa shape index (κ2) is 2.97. The zero-order valence-electron chi connectivity index (χ0n) is 7.29. The molecule has 0 fully saturated rings. The number of nitrogens with two attached hydrogens (primary N) is 1. The number of nitrogens with one attached hydrogen (secondary N) is 1. The molecule has 0 bridgehead atoms. The van der Waals surface area contributed by atoms with Crippen LogP contribution >= 0.6 is 0 Å². The first-order valence-electron chi connectivity index (χ1n) is 3.93. The van der Waals surface area contributed by atoms with Crippen molar-refractivity contribution in [2.75, 3.05) is 5.32 Å². The molecule has 0 atom stereocenters. The summed E-state index contributed by atoms with van der Waals surface area (Å²) in [5.41, 5.74) is 5.11. The quantitative estimate of drug-likeness (QED) is 0.746. The fourth-order valence-corrected chi connectivity index (χ4v) is 1.17. The highest BCUT2D eigenvalue weighted by atomic mass is 19.3. The molecule has 7 heteroatoms. The molecule has 5 nitrogen and oxygen atoms in total. The number of primary amides is 1. The summed E-state index contributed by atoms with van der Waals surface area (Å²) in [6.07, 6.45) is -3.66. The van der Waals surface area contributed by atoms with Gasteiger partial charge in [0.15, 0.2) is 11.5 Å². The molecule has 2 amide bonds. The molecule has 1 aliphatic heterocycles. The van der Waals surface area contributed by atoms with E-state index < -0.39 is 12.3 Å². The van der Waals surface area contributed by atoms with Crippen molar-refractivity contribution in [3.05, 3.63) is 18.2 Å². The second-order valence-electron chi connectivity index (χ2n) is 2.82. The van der Waals surface area contributed by atoms with Gasteiger partial charge in [-0.3, -0.25) is 0 Å². The number of ether oxygens (including phenoxy) is 2. The fraction of sp³-hybridized carbons (Fsp3) is 0.125. The number of rotatable bonds is 1. The van der Waals surface area contributed by atoms with Crippen molar-refractivity contribution in [1.29, 1.82) is 0 Å². The first kappa shape index (κ1) is 9.50. The Morgan fingerprint density at radius 2 is 2.00 bits per heavy atom. The number of benzene rings is 1. The highest BCUT2D eigenvalue weighted by Gasteiger charge is 2.43. The molecule has 0 saturated carbocycles. The van der Waals surface area contributed by atoms with Crippen molar-refractivity contribution in [2.24, 2.45) is 5.73 Å². The summed E-state index contributed by atoms with van der Waals surface area (Å²) in [7, 11) is 0. The van der Waals surface area contributed by atoms with Crippen molar-refractivity contribution in [2.45, 2.75) is 6.29 Å². The van der Waals surface area contributed by atoms with E-state index in [1.165, 1.54) is 18.2 Å². The minimum absolute atomic E-state index is 0.0879. The molecule has 0 aliphatic carbocycles. The predicted molar refractivity (Wildman–Crippen MR) is 45.9 cm³/mol. The number of carbonyl (C=O) groups is 1. The Labute approximate surface area is 82.8 Å². The predicted octanol–water partition coefficient (Wildman–Crippen LogP) is 1.50. The Morgan fingerprint density at radius 1 is 1.33 bits per heavy atom. The molecule has 80 valence electrons. The average molecular weight is 216 g/mol. The summed E-state index contributed by atoms with van der Waals surface area (Å²) < 4.78 is 33.5. The lowest BCUT2D eigenvalue weighted by atomic mass is 10.3. The number of amides is 2. The summed E-state index contributed by atoms with van der Waals surface area (Å²) in [5.74, 6) is -0.235. The lowest BCUT2D eigenvalue weighted by Crippen LogP contribution is -2.25. The number of hydrogen-bond donors (Lipinski definition) is 2. The minimum Gasteiger partial charge on any atom is -0.395 e. The van der Waals surface area contributed by atoms with Crippen LogP contribution in [0.2, 0.25) is 0 Å². The SMILES string of the molecule is NC(=O)Nc1ccc2c(c1)OC(F)(F)O2. The zero-order chi connectivity index (χ0) is 11.1. The summed E-state index contributed by atoms with van der Waals surface area (Å²) in [5, 5.41) is 2.22. The highest BCUT2D eigenvalue weighted by Crippen LogP contribution is 2.42. The van der Waals surface area contributed by atoms with Crippen molar-refractivity contribution in [3.8, 4) is 11.5 Å². The molecule has 1 heterocycles. The zero-order valence-corrected chi connectivity index (χ0v) is 7.29. The standard InChI is InChI=1S/C8H6F2N2O3/c9-8(10)14-5-2-1-4(12-7(11)13)3-6(5)15-8/h1-3H,(H3,11,12,13). The largest absolute Gasteiger partial charge is 0.586 e. The number of urea groups is 1. The normalized spacial score (nSPS) is 16.1. The van der Waals surface area contributed by atoms with E-state index in [1.54, 1.807) is 0 Å². The van der Waals surface area contributed by atoms with Crippen molar-refractivity contribution in [3.63, 3.8) is 0 Å². The molecule has 0 aromatic heterocycles. The molecule has 15 heavy (non-hydrogen) atoms. The van der Waals surface area contributed by atoms with E-state index in [-0.39, 0.29) is 17.2 Å². The number of halogens is 2. The number of alkyl halides is 2. The van der Waals surface area contributed by atoms with Gasteiger partial charge in [0.05, 0.1) is 0 Å². The summed E-state index contributed by atoms with van der Waals surface area (Å²) in [4.78, 5) is 10.5. The van der Waals surface area contributed by atoms with Gasteiger partial charge in [0, 0.05) is 11.8 Å². The van der Waals surface area contributed by atoms with E-state index in [2.05, 4.69) is 14.8 Å². The van der Waals surface area contributed by atoms with Crippen LogP contribution < -0.4 is 20.5 Å². The van der Waals surface area contributed by atoms with Crippen LogP contribution in [0, 0.1) is 0 Å². The van der Waals surface area contributed by atoms with Crippen molar-refractivity contribution in [1.82, 2.24) is 0 Å². The molecule has 1 aromatic rings. The molecular weight excluding hydrogens is 210 g/mol. The third kappa shape index (κ3) is 1.90. The number of anilines is 1. The maximum absolute atomic E-state index is 12.6. The molecule has 0 unspecified atom stereocenters. The van der Waals surface area contributed by atoms with Gasteiger partial charge >= 0.3 is 12.3 Å². The van der Waals surface area contributed by atoms with Gasteiger partial charge in [-0.25, -0.2) is 4.79 Å². The Hall–Kier alpha value is -2.05. The highest BCUT2D eigenvalue weighted by molar-refractivity contribution is 5.88. The van der Waals surface area contributed by atoms with Gasteiger partial charge in [-0.15, -0.1) is 8.78 Å². The molecular formula is C8H6F2N2O3. The van der Waals surface area contributed by atoms with E-state index >= 15 is 0 Å². The van der Waals surface area contributed by atoms with Crippen LogP contribution in [0.5, 0.6) is 11.5 Å². The Balaban J connectivity index is 2.26. The second-order valence-corrected chi connectivity index (χ2v) is 2.82. The van der Waals surface area contributed by atoms with Gasteiger partial charge in [0.1, 0.15) is 0 Å². The summed E-state index contributed by atoms with van der Waals surface area (Å²) in [6, 6.07) is 3.03.